The molecule has 0 radical (unpaired) electrons. The summed E-state index contributed by atoms with van der Waals surface area (Å²) in [7, 11) is 0. The monoisotopic (exact) mass is 361 g/mol. The van der Waals surface area contributed by atoms with E-state index >= 15 is 0 Å². The van der Waals surface area contributed by atoms with Gasteiger partial charge in [-0.15, -0.1) is 10.2 Å². The molecule has 0 spiro atoms. The molecule has 2 amide bonds. The maximum atomic E-state index is 12.6. The van der Waals surface area contributed by atoms with E-state index in [2.05, 4.69) is 27.8 Å². The van der Waals surface area contributed by atoms with Gasteiger partial charge in [0.1, 0.15) is 12.7 Å². The molecule has 3 aromatic rings. The van der Waals surface area contributed by atoms with Gasteiger partial charge in [-0.05, 0) is 48.7 Å². The molecule has 27 heavy (non-hydrogen) atoms. The Morgan fingerprint density at radius 1 is 1.00 bits per heavy atom. The lowest BCUT2D eigenvalue weighted by atomic mass is 10.1. The highest BCUT2D eigenvalue weighted by atomic mass is 16.2. The van der Waals surface area contributed by atoms with Crippen molar-refractivity contribution in [3.8, 4) is 5.69 Å². The molecule has 1 heterocycles. The van der Waals surface area contributed by atoms with Crippen molar-refractivity contribution in [1.29, 1.82) is 0 Å². The number of carbonyl (C=O) groups is 2. The molecule has 2 aromatic carbocycles. The maximum absolute atomic E-state index is 12.6. The Hall–Kier alpha value is -3.48. The van der Waals surface area contributed by atoms with Crippen LogP contribution in [-0.4, -0.2) is 26.6 Å². The van der Waals surface area contributed by atoms with E-state index in [1.165, 1.54) is 0 Å². The topological polar surface area (TPSA) is 88.9 Å². The molecule has 7 heteroatoms. The summed E-state index contributed by atoms with van der Waals surface area (Å²) in [6, 6.07) is 14.3. The average molecular weight is 361 g/mol. The molecule has 1 saturated carbocycles. The second-order valence-electron chi connectivity index (χ2n) is 6.76. The average Bonchev–Trinajstić information content (AvgIpc) is 3.17. The number of nitrogens with zero attached hydrogens (tertiary/aromatic N) is 3. The molecule has 0 aliphatic heterocycles. The first-order valence-electron chi connectivity index (χ1n) is 8.77. The largest absolute Gasteiger partial charge is 0.326 e. The molecule has 1 aliphatic rings. The molecule has 1 aromatic heterocycles. The Morgan fingerprint density at radius 3 is 2.37 bits per heavy atom. The van der Waals surface area contributed by atoms with Crippen LogP contribution in [0.5, 0.6) is 0 Å². The highest BCUT2D eigenvalue weighted by Crippen LogP contribution is 2.38. The van der Waals surface area contributed by atoms with Crippen molar-refractivity contribution < 1.29 is 9.59 Å². The molecular weight excluding hydrogens is 342 g/mol. The zero-order chi connectivity index (χ0) is 18.8. The van der Waals surface area contributed by atoms with Crippen molar-refractivity contribution >= 4 is 23.2 Å². The summed E-state index contributed by atoms with van der Waals surface area (Å²) in [5, 5.41) is 13.3. The van der Waals surface area contributed by atoms with Gasteiger partial charge in [-0.2, -0.15) is 0 Å². The number of nitrogens with one attached hydrogen (secondary N) is 2. The van der Waals surface area contributed by atoms with E-state index in [0.29, 0.717) is 22.9 Å². The third kappa shape index (κ3) is 3.87. The van der Waals surface area contributed by atoms with Gasteiger partial charge >= 0.3 is 0 Å². The quantitative estimate of drug-likeness (QED) is 0.731. The maximum Gasteiger partial charge on any atom is 0.255 e. The van der Waals surface area contributed by atoms with Gasteiger partial charge in [0.05, 0.1) is 5.69 Å². The van der Waals surface area contributed by atoms with Crippen molar-refractivity contribution in [2.24, 2.45) is 11.8 Å². The molecule has 0 bridgehead atoms. The van der Waals surface area contributed by atoms with Gasteiger partial charge in [-0.25, -0.2) is 0 Å². The standard InChI is InChI=1S/C20H19N5O2/c1-13-8-18(13)20(27)24-15-5-2-4-14(9-15)19(26)23-16-6-3-7-17(10-16)25-11-21-22-12-25/h2-7,9-13,18H,8H2,1H3,(H,23,26)(H,24,27)/t13-,18-/m1/s1. The van der Waals surface area contributed by atoms with Crippen molar-refractivity contribution in [1.82, 2.24) is 14.8 Å². The van der Waals surface area contributed by atoms with Crippen LogP contribution in [0.15, 0.2) is 61.2 Å². The Labute approximate surface area is 156 Å². The Kier molecular flexibility index (Phi) is 4.42. The predicted octanol–water partition coefficient (Wildman–Crippen LogP) is 3.11. The zero-order valence-electron chi connectivity index (χ0n) is 14.8. The van der Waals surface area contributed by atoms with Crippen LogP contribution in [0.4, 0.5) is 11.4 Å². The van der Waals surface area contributed by atoms with E-state index in [-0.39, 0.29) is 17.7 Å². The second kappa shape index (κ2) is 7.03. The first-order valence-corrected chi connectivity index (χ1v) is 8.77. The third-order valence-electron chi connectivity index (χ3n) is 4.66. The third-order valence-corrected chi connectivity index (χ3v) is 4.66. The Morgan fingerprint density at radius 2 is 1.67 bits per heavy atom. The van der Waals surface area contributed by atoms with E-state index in [1.54, 1.807) is 41.5 Å². The second-order valence-corrected chi connectivity index (χ2v) is 6.76. The number of carbonyl (C=O) groups excluding carboxylic acids is 2. The van der Waals surface area contributed by atoms with Crippen LogP contribution in [0.1, 0.15) is 23.7 Å². The highest BCUT2D eigenvalue weighted by molar-refractivity contribution is 6.05. The number of hydrogen-bond acceptors (Lipinski definition) is 4. The highest BCUT2D eigenvalue weighted by Gasteiger charge is 2.39. The minimum Gasteiger partial charge on any atom is -0.326 e. The summed E-state index contributed by atoms with van der Waals surface area (Å²) < 4.78 is 1.75. The summed E-state index contributed by atoms with van der Waals surface area (Å²) in [6.07, 6.45) is 4.11. The van der Waals surface area contributed by atoms with Gasteiger partial charge < -0.3 is 10.6 Å². The molecule has 2 atom stereocenters. The fraction of sp³-hybridized carbons (Fsp3) is 0.200. The molecule has 1 aliphatic carbocycles. The van der Waals surface area contributed by atoms with Crippen LogP contribution in [0.3, 0.4) is 0 Å². The van der Waals surface area contributed by atoms with E-state index < -0.39 is 0 Å². The molecular formula is C20H19N5O2. The van der Waals surface area contributed by atoms with E-state index in [4.69, 9.17) is 0 Å². The minimum atomic E-state index is -0.244. The smallest absolute Gasteiger partial charge is 0.255 e. The molecule has 2 N–H and O–H groups in total. The van der Waals surface area contributed by atoms with Gasteiger partial charge in [0.15, 0.2) is 0 Å². The van der Waals surface area contributed by atoms with Crippen molar-refractivity contribution in [2.75, 3.05) is 10.6 Å². The molecule has 1 fully saturated rings. The Balaban J connectivity index is 1.46. The summed E-state index contributed by atoms with van der Waals surface area (Å²) in [4.78, 5) is 24.7. The lowest BCUT2D eigenvalue weighted by Crippen LogP contribution is -2.16. The fourth-order valence-electron chi connectivity index (χ4n) is 2.94. The number of rotatable bonds is 5. The van der Waals surface area contributed by atoms with Crippen LogP contribution in [0.25, 0.3) is 5.69 Å². The molecule has 136 valence electrons. The lowest BCUT2D eigenvalue weighted by molar-refractivity contribution is -0.117. The van der Waals surface area contributed by atoms with Gasteiger partial charge in [0.25, 0.3) is 5.91 Å². The van der Waals surface area contributed by atoms with Crippen LogP contribution < -0.4 is 10.6 Å². The summed E-state index contributed by atoms with van der Waals surface area (Å²) in [5.74, 6) is 0.297. The number of amides is 2. The first kappa shape index (κ1) is 17.0. The van der Waals surface area contributed by atoms with E-state index in [9.17, 15) is 9.59 Å². The molecule has 0 saturated heterocycles. The number of hydrogen-bond donors (Lipinski definition) is 2. The van der Waals surface area contributed by atoms with E-state index in [0.717, 1.165) is 12.1 Å². The van der Waals surface area contributed by atoms with Crippen molar-refractivity contribution in [3.63, 3.8) is 0 Å². The fourth-order valence-corrected chi connectivity index (χ4v) is 2.94. The van der Waals surface area contributed by atoms with Gasteiger partial charge in [-0.1, -0.05) is 19.1 Å². The molecule has 0 unspecified atom stereocenters. The van der Waals surface area contributed by atoms with Crippen LogP contribution in [0.2, 0.25) is 0 Å². The van der Waals surface area contributed by atoms with Crippen LogP contribution in [-0.2, 0) is 4.79 Å². The van der Waals surface area contributed by atoms with Crippen LogP contribution >= 0.6 is 0 Å². The molecule has 4 rings (SSSR count). The molecule has 7 nitrogen and oxygen atoms in total. The van der Waals surface area contributed by atoms with Gasteiger partial charge in [-0.3, -0.25) is 14.2 Å². The number of anilines is 2. The minimum absolute atomic E-state index is 0.0155. The number of aromatic nitrogens is 3. The van der Waals surface area contributed by atoms with Crippen LogP contribution in [0, 0.1) is 11.8 Å². The van der Waals surface area contributed by atoms with Gasteiger partial charge in [0.2, 0.25) is 5.91 Å². The summed E-state index contributed by atoms with van der Waals surface area (Å²) in [5.41, 5.74) is 2.61. The van der Waals surface area contributed by atoms with Crippen molar-refractivity contribution in [3.05, 3.63) is 66.7 Å². The zero-order valence-corrected chi connectivity index (χ0v) is 14.8. The normalized spacial score (nSPS) is 18.0. The summed E-state index contributed by atoms with van der Waals surface area (Å²) in [6.45, 7) is 2.06. The van der Waals surface area contributed by atoms with Gasteiger partial charge in [0, 0.05) is 22.9 Å². The van der Waals surface area contributed by atoms with Crippen molar-refractivity contribution in [2.45, 2.75) is 13.3 Å². The van der Waals surface area contributed by atoms with E-state index in [1.807, 2.05) is 24.3 Å². The SMILES string of the molecule is C[C@@H]1C[C@H]1C(=O)Nc1cccc(C(=O)Nc2cccc(-n3cnnc3)c2)c1. The number of benzene rings is 2. The first-order chi connectivity index (χ1) is 13.1. The predicted molar refractivity (Wildman–Crippen MR) is 102 cm³/mol. The Bertz CT molecular complexity index is 984. The summed E-state index contributed by atoms with van der Waals surface area (Å²) >= 11 is 0. The lowest BCUT2D eigenvalue weighted by Gasteiger charge is -2.09.